The molecular weight excluding hydrogens is 130 g/mol. The summed E-state index contributed by atoms with van der Waals surface area (Å²) in [7, 11) is 0. The van der Waals surface area contributed by atoms with Crippen LogP contribution in [0.5, 0.6) is 0 Å². The molecule has 1 aliphatic heterocycles. The average molecular weight is 139 g/mol. The summed E-state index contributed by atoms with van der Waals surface area (Å²) in [4.78, 5) is 10.4. The number of nitrogens with one attached hydrogen (secondary N) is 1. The third-order valence-electron chi connectivity index (χ3n) is 1.30. The van der Waals surface area contributed by atoms with Crippen molar-refractivity contribution in [3.63, 3.8) is 0 Å². The topological polar surface area (TPSA) is 49.3 Å². The quantitative estimate of drug-likeness (QED) is 0.556. The predicted molar refractivity (Wildman–Crippen MR) is 37.5 cm³/mol. The molecule has 0 saturated heterocycles. The van der Waals surface area contributed by atoms with Gasteiger partial charge in [0.1, 0.15) is 0 Å². The van der Waals surface area contributed by atoms with E-state index in [0.717, 1.165) is 5.57 Å². The smallest absolute Gasteiger partial charge is 0.333 e. The van der Waals surface area contributed by atoms with Crippen LogP contribution in [0.4, 0.5) is 0 Å². The monoisotopic (exact) mass is 139 g/mol. The molecule has 1 aliphatic rings. The number of aliphatic carboxylic acids is 1. The molecule has 0 bridgehead atoms. The van der Waals surface area contributed by atoms with E-state index in [2.05, 4.69) is 5.32 Å². The van der Waals surface area contributed by atoms with Crippen LogP contribution in [0.15, 0.2) is 23.4 Å². The standard InChI is InChI=1S/C7H9NO2/c1-5-2-6(7(9)10)4-8-3-5/h2-3,8H,4H2,1H3,(H,9,10). The number of hydrogen-bond donors (Lipinski definition) is 2. The Morgan fingerprint density at radius 2 is 2.50 bits per heavy atom. The summed E-state index contributed by atoms with van der Waals surface area (Å²) in [6, 6.07) is 0. The molecule has 2 N–H and O–H groups in total. The van der Waals surface area contributed by atoms with Gasteiger partial charge in [0.05, 0.1) is 5.57 Å². The molecule has 1 rings (SSSR count). The maximum atomic E-state index is 10.4. The zero-order valence-electron chi connectivity index (χ0n) is 5.72. The lowest BCUT2D eigenvalue weighted by Crippen LogP contribution is -2.19. The van der Waals surface area contributed by atoms with Crippen molar-refractivity contribution in [3.05, 3.63) is 23.4 Å². The fraction of sp³-hybridized carbons (Fsp3) is 0.286. The summed E-state index contributed by atoms with van der Waals surface area (Å²) in [5, 5.41) is 11.4. The Morgan fingerprint density at radius 3 is 2.90 bits per heavy atom. The average Bonchev–Trinajstić information content (AvgIpc) is 1.88. The van der Waals surface area contributed by atoms with Gasteiger partial charge < -0.3 is 10.4 Å². The summed E-state index contributed by atoms with van der Waals surface area (Å²) in [5.41, 5.74) is 1.36. The van der Waals surface area contributed by atoms with Crippen molar-refractivity contribution in [1.29, 1.82) is 0 Å². The molecule has 0 aromatic heterocycles. The van der Waals surface area contributed by atoms with Crippen molar-refractivity contribution in [2.24, 2.45) is 0 Å². The highest BCUT2D eigenvalue weighted by molar-refractivity contribution is 5.88. The van der Waals surface area contributed by atoms with Gasteiger partial charge in [-0.1, -0.05) is 0 Å². The molecule has 3 heteroatoms. The Morgan fingerprint density at radius 1 is 1.80 bits per heavy atom. The van der Waals surface area contributed by atoms with E-state index in [0.29, 0.717) is 12.1 Å². The molecular formula is C7H9NO2. The van der Waals surface area contributed by atoms with E-state index >= 15 is 0 Å². The lowest BCUT2D eigenvalue weighted by atomic mass is 10.1. The number of rotatable bonds is 1. The minimum absolute atomic E-state index is 0.417. The molecule has 10 heavy (non-hydrogen) atoms. The molecule has 0 spiro atoms. The van der Waals surface area contributed by atoms with Crippen LogP contribution in [0.1, 0.15) is 6.92 Å². The predicted octanol–water partition coefficient (Wildman–Crippen LogP) is 0.504. The van der Waals surface area contributed by atoms with E-state index in [1.165, 1.54) is 0 Å². The fourth-order valence-electron chi connectivity index (χ4n) is 0.827. The first kappa shape index (κ1) is 6.86. The van der Waals surface area contributed by atoms with Crippen LogP contribution in [-0.4, -0.2) is 17.6 Å². The first-order valence-corrected chi connectivity index (χ1v) is 3.04. The first-order chi connectivity index (χ1) is 4.70. The van der Waals surface area contributed by atoms with Crippen molar-refractivity contribution in [3.8, 4) is 0 Å². The number of carboxylic acids is 1. The molecule has 0 aromatic carbocycles. The van der Waals surface area contributed by atoms with Gasteiger partial charge in [0.15, 0.2) is 0 Å². The van der Waals surface area contributed by atoms with Crippen molar-refractivity contribution in [2.45, 2.75) is 6.92 Å². The largest absolute Gasteiger partial charge is 0.478 e. The normalized spacial score (nSPS) is 16.9. The van der Waals surface area contributed by atoms with Gasteiger partial charge in [-0.25, -0.2) is 4.79 Å². The van der Waals surface area contributed by atoms with E-state index in [4.69, 9.17) is 5.11 Å². The van der Waals surface area contributed by atoms with Gasteiger partial charge in [-0.05, 0) is 24.8 Å². The van der Waals surface area contributed by atoms with Crippen molar-refractivity contribution in [2.75, 3.05) is 6.54 Å². The maximum Gasteiger partial charge on any atom is 0.333 e. The molecule has 0 atom stereocenters. The molecule has 0 unspecified atom stereocenters. The SMILES string of the molecule is CC1=CNCC(C(=O)O)=C1. The molecule has 0 amide bonds. The zero-order chi connectivity index (χ0) is 7.56. The minimum Gasteiger partial charge on any atom is -0.478 e. The molecule has 3 nitrogen and oxygen atoms in total. The Bertz CT molecular complexity index is 216. The maximum absolute atomic E-state index is 10.4. The second kappa shape index (κ2) is 2.56. The molecule has 0 saturated carbocycles. The van der Waals surface area contributed by atoms with Gasteiger partial charge in [0.2, 0.25) is 0 Å². The third kappa shape index (κ3) is 1.37. The molecule has 0 aliphatic carbocycles. The van der Waals surface area contributed by atoms with Gasteiger partial charge >= 0.3 is 5.97 Å². The Hall–Kier alpha value is -1.25. The van der Waals surface area contributed by atoms with Crippen LogP contribution >= 0.6 is 0 Å². The summed E-state index contributed by atoms with van der Waals surface area (Å²) in [6.45, 7) is 2.28. The van der Waals surface area contributed by atoms with Gasteiger partial charge in [0.25, 0.3) is 0 Å². The Kier molecular flexibility index (Phi) is 1.76. The minimum atomic E-state index is -0.847. The van der Waals surface area contributed by atoms with Crippen LogP contribution in [-0.2, 0) is 4.79 Å². The van der Waals surface area contributed by atoms with Crippen LogP contribution in [0.2, 0.25) is 0 Å². The number of carbonyl (C=O) groups is 1. The first-order valence-electron chi connectivity index (χ1n) is 3.04. The van der Waals surface area contributed by atoms with Crippen LogP contribution in [0.25, 0.3) is 0 Å². The highest BCUT2D eigenvalue weighted by atomic mass is 16.4. The van der Waals surface area contributed by atoms with Crippen molar-refractivity contribution < 1.29 is 9.90 Å². The van der Waals surface area contributed by atoms with Crippen molar-refractivity contribution in [1.82, 2.24) is 5.32 Å². The van der Waals surface area contributed by atoms with E-state index in [1.807, 2.05) is 6.92 Å². The lowest BCUT2D eigenvalue weighted by Gasteiger charge is -2.08. The van der Waals surface area contributed by atoms with Gasteiger partial charge in [-0.15, -0.1) is 0 Å². The fourth-order valence-corrected chi connectivity index (χ4v) is 0.827. The zero-order valence-corrected chi connectivity index (χ0v) is 5.72. The molecule has 0 aromatic rings. The van der Waals surface area contributed by atoms with Crippen LogP contribution < -0.4 is 5.32 Å². The molecule has 0 fully saturated rings. The Labute approximate surface area is 59.0 Å². The van der Waals surface area contributed by atoms with Crippen LogP contribution in [0, 0.1) is 0 Å². The third-order valence-corrected chi connectivity index (χ3v) is 1.30. The number of carboxylic acid groups (broad SMARTS) is 1. The second-order valence-electron chi connectivity index (χ2n) is 2.24. The van der Waals surface area contributed by atoms with Gasteiger partial charge in [-0.2, -0.15) is 0 Å². The van der Waals surface area contributed by atoms with E-state index in [-0.39, 0.29) is 0 Å². The summed E-state index contributed by atoms with van der Waals surface area (Å²) < 4.78 is 0. The summed E-state index contributed by atoms with van der Waals surface area (Å²) in [5.74, 6) is -0.847. The number of hydrogen-bond acceptors (Lipinski definition) is 2. The molecule has 1 heterocycles. The number of dihydropyridines is 1. The van der Waals surface area contributed by atoms with Crippen molar-refractivity contribution >= 4 is 5.97 Å². The highest BCUT2D eigenvalue weighted by Gasteiger charge is 2.08. The van der Waals surface area contributed by atoms with Gasteiger partial charge in [0, 0.05) is 6.54 Å². The summed E-state index contributed by atoms with van der Waals surface area (Å²) in [6.07, 6.45) is 3.46. The molecule has 0 radical (unpaired) electrons. The van der Waals surface area contributed by atoms with E-state index < -0.39 is 5.97 Å². The Balaban J connectivity index is 2.78. The molecule has 54 valence electrons. The summed E-state index contributed by atoms with van der Waals surface area (Å²) >= 11 is 0. The number of allylic oxidation sites excluding steroid dienone is 2. The van der Waals surface area contributed by atoms with Gasteiger partial charge in [-0.3, -0.25) is 0 Å². The van der Waals surface area contributed by atoms with Crippen LogP contribution in [0.3, 0.4) is 0 Å². The second-order valence-corrected chi connectivity index (χ2v) is 2.24. The lowest BCUT2D eigenvalue weighted by molar-refractivity contribution is -0.132. The highest BCUT2D eigenvalue weighted by Crippen LogP contribution is 2.04. The van der Waals surface area contributed by atoms with E-state index in [9.17, 15) is 4.79 Å². The van der Waals surface area contributed by atoms with E-state index in [1.54, 1.807) is 12.3 Å².